The number of carbonyl (C=O) groups excluding carboxylic acids is 1. The Morgan fingerprint density at radius 2 is 1.23 bits per heavy atom. The van der Waals surface area contributed by atoms with Crippen molar-refractivity contribution in [2.24, 2.45) is 5.41 Å². The van der Waals surface area contributed by atoms with Crippen molar-refractivity contribution in [3.63, 3.8) is 0 Å². The summed E-state index contributed by atoms with van der Waals surface area (Å²) in [5, 5.41) is 51.7. The van der Waals surface area contributed by atoms with Crippen LogP contribution in [0.1, 0.15) is 26.3 Å². The van der Waals surface area contributed by atoms with Gasteiger partial charge in [0.25, 0.3) is 0 Å². The number of rotatable bonds is 19. The molecule has 15 heteroatoms. The first kappa shape index (κ1) is 33.9. The standard InChI is InChI=1S/C25H36N4O11/c1-15(30)26-17-6-4-16(5-7-17)8-18(27-22(23(37)38)24(39)40)9-28(10-19(31)32)13-25(2,3)14-29(11-20(33)34)12-21(35)36/h4-7,18,22,27H,8-14H2,1-3H3,(H,26,30)(H,31,32)(H,33,34)(H,35,36)(H,37,38)(H,39,40). The van der Waals surface area contributed by atoms with Gasteiger partial charge in [-0.3, -0.25) is 34.3 Å². The summed E-state index contributed by atoms with van der Waals surface area (Å²) in [6.07, 6.45) is 0.0953. The fourth-order valence-electron chi connectivity index (χ4n) is 4.37. The highest BCUT2D eigenvalue weighted by Gasteiger charge is 2.32. The van der Waals surface area contributed by atoms with E-state index < -0.39 is 67.0 Å². The monoisotopic (exact) mass is 568 g/mol. The van der Waals surface area contributed by atoms with Gasteiger partial charge in [-0.05, 0) is 29.5 Å². The lowest BCUT2D eigenvalue weighted by Crippen LogP contribution is -2.55. The summed E-state index contributed by atoms with van der Waals surface area (Å²) in [6.45, 7) is 3.02. The van der Waals surface area contributed by atoms with E-state index in [9.17, 15) is 44.1 Å². The second kappa shape index (κ2) is 15.5. The topological polar surface area (TPSA) is 234 Å². The van der Waals surface area contributed by atoms with Crippen molar-refractivity contribution in [1.82, 2.24) is 15.1 Å². The second-order valence-electron chi connectivity index (χ2n) is 10.2. The molecule has 0 aromatic heterocycles. The van der Waals surface area contributed by atoms with Crippen LogP contribution in [0.4, 0.5) is 5.69 Å². The third-order valence-corrected chi connectivity index (χ3v) is 5.51. The molecular weight excluding hydrogens is 532 g/mol. The number of hydrogen-bond acceptors (Lipinski definition) is 9. The van der Waals surface area contributed by atoms with Gasteiger partial charge in [0, 0.05) is 38.3 Å². The minimum Gasteiger partial charge on any atom is -0.480 e. The van der Waals surface area contributed by atoms with Crippen molar-refractivity contribution in [3.05, 3.63) is 29.8 Å². The number of carbonyl (C=O) groups is 6. The Bertz CT molecular complexity index is 1050. The smallest absolute Gasteiger partial charge is 0.332 e. The predicted octanol–water partition coefficient (Wildman–Crippen LogP) is -0.432. The molecule has 0 heterocycles. The third kappa shape index (κ3) is 13.6. The number of benzene rings is 1. The molecule has 222 valence electrons. The average molecular weight is 569 g/mol. The normalized spacial score (nSPS) is 12.3. The van der Waals surface area contributed by atoms with Crippen molar-refractivity contribution in [1.29, 1.82) is 0 Å². The van der Waals surface area contributed by atoms with Crippen LogP contribution in [0.3, 0.4) is 0 Å². The van der Waals surface area contributed by atoms with Crippen LogP contribution in [0.15, 0.2) is 24.3 Å². The van der Waals surface area contributed by atoms with Crippen molar-refractivity contribution in [3.8, 4) is 0 Å². The molecule has 0 aliphatic carbocycles. The minimum atomic E-state index is -1.98. The van der Waals surface area contributed by atoms with E-state index in [1.54, 1.807) is 38.1 Å². The Morgan fingerprint density at radius 3 is 1.65 bits per heavy atom. The zero-order valence-corrected chi connectivity index (χ0v) is 22.5. The first-order chi connectivity index (χ1) is 18.5. The number of anilines is 1. The number of carboxylic acids is 5. The van der Waals surface area contributed by atoms with Crippen LogP contribution in [0, 0.1) is 5.41 Å². The number of amides is 1. The Morgan fingerprint density at radius 1 is 0.775 bits per heavy atom. The maximum Gasteiger partial charge on any atom is 0.332 e. The predicted molar refractivity (Wildman–Crippen MR) is 140 cm³/mol. The fourth-order valence-corrected chi connectivity index (χ4v) is 4.37. The fraction of sp³-hybridized carbons (Fsp3) is 0.520. The highest BCUT2D eigenvalue weighted by atomic mass is 16.4. The van der Waals surface area contributed by atoms with Gasteiger partial charge in [0.15, 0.2) is 0 Å². The second-order valence-corrected chi connectivity index (χ2v) is 10.2. The van der Waals surface area contributed by atoms with Crippen LogP contribution in [0.2, 0.25) is 0 Å². The van der Waals surface area contributed by atoms with Crippen molar-refractivity contribution in [2.45, 2.75) is 39.3 Å². The first-order valence-corrected chi connectivity index (χ1v) is 12.2. The molecule has 0 aliphatic heterocycles. The van der Waals surface area contributed by atoms with E-state index in [0.29, 0.717) is 11.3 Å². The van der Waals surface area contributed by atoms with Crippen molar-refractivity contribution >= 4 is 41.4 Å². The van der Waals surface area contributed by atoms with Gasteiger partial charge < -0.3 is 30.8 Å². The number of aliphatic carboxylic acids is 5. The van der Waals surface area contributed by atoms with Gasteiger partial charge in [-0.25, -0.2) is 9.59 Å². The summed E-state index contributed by atoms with van der Waals surface area (Å²) in [6, 6.07) is 3.67. The molecule has 0 bridgehead atoms. The molecule has 0 aliphatic rings. The highest BCUT2D eigenvalue weighted by molar-refractivity contribution is 5.97. The Kier molecular flexibility index (Phi) is 13.2. The van der Waals surface area contributed by atoms with E-state index in [2.05, 4.69) is 10.6 Å². The minimum absolute atomic E-state index is 0.0166. The van der Waals surface area contributed by atoms with E-state index in [0.717, 1.165) is 0 Å². The highest BCUT2D eigenvalue weighted by Crippen LogP contribution is 2.20. The van der Waals surface area contributed by atoms with Gasteiger partial charge >= 0.3 is 29.8 Å². The van der Waals surface area contributed by atoms with Crippen LogP contribution in [-0.4, -0.2) is 122 Å². The summed E-state index contributed by atoms with van der Waals surface area (Å²) in [5.74, 6) is -7.24. The summed E-state index contributed by atoms with van der Waals surface area (Å²) >= 11 is 0. The van der Waals surface area contributed by atoms with E-state index >= 15 is 0 Å². The molecule has 1 rings (SSSR count). The maximum absolute atomic E-state index is 11.7. The molecule has 0 spiro atoms. The molecule has 1 atom stereocenters. The summed E-state index contributed by atoms with van der Waals surface area (Å²) in [4.78, 5) is 71.1. The van der Waals surface area contributed by atoms with E-state index in [-0.39, 0.29) is 32.0 Å². The summed E-state index contributed by atoms with van der Waals surface area (Å²) in [5.41, 5.74) is 0.324. The lowest BCUT2D eigenvalue weighted by atomic mass is 9.91. The third-order valence-electron chi connectivity index (χ3n) is 5.51. The number of nitrogens with one attached hydrogen (secondary N) is 2. The van der Waals surface area contributed by atoms with Crippen LogP contribution in [-0.2, 0) is 35.2 Å². The van der Waals surface area contributed by atoms with Gasteiger partial charge in [-0.1, -0.05) is 26.0 Å². The lowest BCUT2D eigenvalue weighted by Gasteiger charge is -2.37. The molecule has 1 aromatic rings. The van der Waals surface area contributed by atoms with Crippen molar-refractivity contribution in [2.75, 3.05) is 44.6 Å². The van der Waals surface area contributed by atoms with Crippen LogP contribution in [0.25, 0.3) is 0 Å². The molecule has 40 heavy (non-hydrogen) atoms. The van der Waals surface area contributed by atoms with E-state index in [4.69, 9.17) is 10.2 Å². The average Bonchev–Trinajstić information content (AvgIpc) is 2.75. The quantitative estimate of drug-likeness (QED) is 0.105. The van der Waals surface area contributed by atoms with Gasteiger partial charge in [-0.2, -0.15) is 0 Å². The maximum atomic E-state index is 11.7. The SMILES string of the molecule is CC(=O)Nc1ccc(CC(CN(CC(=O)O)CC(C)(C)CN(CC(=O)O)CC(=O)O)NC(C(=O)O)C(=O)O)cc1. The Balaban J connectivity index is 3.24. The number of hydrogen-bond donors (Lipinski definition) is 7. The Labute approximate surface area is 230 Å². The summed E-state index contributed by atoms with van der Waals surface area (Å²) in [7, 11) is 0. The van der Waals surface area contributed by atoms with Crippen LogP contribution < -0.4 is 10.6 Å². The van der Waals surface area contributed by atoms with Crippen molar-refractivity contribution < 1.29 is 54.3 Å². The molecule has 0 saturated heterocycles. The zero-order valence-electron chi connectivity index (χ0n) is 22.5. The van der Waals surface area contributed by atoms with Gasteiger partial charge in [0.1, 0.15) is 0 Å². The Hall–Kier alpha value is -4.08. The summed E-state index contributed by atoms with van der Waals surface area (Å²) < 4.78 is 0. The molecule has 0 radical (unpaired) electrons. The molecule has 0 fully saturated rings. The molecule has 15 nitrogen and oxygen atoms in total. The molecule has 0 saturated carbocycles. The molecule has 1 unspecified atom stereocenters. The number of carboxylic acid groups (broad SMARTS) is 5. The van der Waals surface area contributed by atoms with E-state index in [1.165, 1.54) is 16.7 Å². The van der Waals surface area contributed by atoms with Crippen LogP contribution in [0.5, 0.6) is 0 Å². The largest absolute Gasteiger partial charge is 0.480 e. The van der Waals surface area contributed by atoms with Crippen LogP contribution >= 0.6 is 0 Å². The first-order valence-electron chi connectivity index (χ1n) is 12.2. The molecule has 1 amide bonds. The lowest BCUT2D eigenvalue weighted by molar-refractivity contribution is -0.152. The van der Waals surface area contributed by atoms with Gasteiger partial charge in [0.2, 0.25) is 11.9 Å². The molecular formula is C25H36N4O11. The van der Waals surface area contributed by atoms with Gasteiger partial charge in [-0.15, -0.1) is 0 Å². The molecule has 7 N–H and O–H groups in total. The zero-order chi connectivity index (χ0) is 30.6. The van der Waals surface area contributed by atoms with E-state index in [1.807, 2.05) is 0 Å². The van der Waals surface area contributed by atoms with Gasteiger partial charge in [0.05, 0.1) is 19.6 Å². The number of nitrogens with zero attached hydrogens (tertiary/aromatic N) is 2. The molecule has 1 aromatic carbocycles.